The van der Waals surface area contributed by atoms with Crippen LogP contribution in [0.2, 0.25) is 0 Å². The number of aliphatic carboxylic acids is 1. The first-order valence-corrected chi connectivity index (χ1v) is 19.4. The van der Waals surface area contributed by atoms with Crippen molar-refractivity contribution in [3.8, 4) is 0 Å². The Hall–Kier alpha value is -4.80. The standard InChI is InChI=1S/C45H49NO12/c1-3-24-50-44-35(46-29(2)47)37(36-34(55-44)28-54-43(56-36)33-22-14-7-15-23-33)57-45-41(53-27-32-20-12-6-13-21-32)39(52-26-31-18-10-5-11-19-31)38(40(58-45)42(48)49)51-25-30-16-8-4-9-17-30/h3-23,34-41,43-45H,1,24-28H2,2H3,(H,46,47)(H,48,49)/t34-,35-,36-,37-,38+,39+,40+,41-,43?,44+,45+/m1/s1. The van der Waals surface area contributed by atoms with Crippen LogP contribution in [0.4, 0.5) is 0 Å². The third-order valence-corrected chi connectivity index (χ3v) is 10.0. The molecule has 2 N–H and O–H groups in total. The number of benzene rings is 4. The molecule has 0 aliphatic carbocycles. The van der Waals surface area contributed by atoms with Crippen molar-refractivity contribution in [1.82, 2.24) is 5.32 Å². The number of nitrogens with one attached hydrogen (secondary N) is 1. The van der Waals surface area contributed by atoms with Crippen molar-refractivity contribution in [2.45, 2.75) is 94.4 Å². The maximum Gasteiger partial charge on any atom is 0.335 e. The number of rotatable bonds is 17. The molecule has 3 aliphatic rings. The van der Waals surface area contributed by atoms with Gasteiger partial charge in [0.25, 0.3) is 0 Å². The van der Waals surface area contributed by atoms with Crippen molar-refractivity contribution in [3.63, 3.8) is 0 Å². The van der Waals surface area contributed by atoms with E-state index in [1.54, 1.807) is 6.08 Å². The second kappa shape index (κ2) is 20.3. The van der Waals surface area contributed by atoms with Crippen LogP contribution < -0.4 is 5.32 Å². The average Bonchev–Trinajstić information content (AvgIpc) is 3.25. The Morgan fingerprint density at radius 3 is 1.76 bits per heavy atom. The molecule has 4 aromatic rings. The number of hydrogen-bond acceptors (Lipinski definition) is 11. The molecule has 3 saturated heterocycles. The van der Waals surface area contributed by atoms with Crippen LogP contribution in [0.15, 0.2) is 134 Å². The van der Waals surface area contributed by atoms with Crippen molar-refractivity contribution in [3.05, 3.63) is 156 Å². The number of ether oxygens (including phenoxy) is 9. The Labute approximate surface area is 337 Å². The van der Waals surface area contributed by atoms with Crippen LogP contribution in [0.5, 0.6) is 0 Å². The Kier molecular flexibility index (Phi) is 14.4. The first kappa shape index (κ1) is 41.4. The van der Waals surface area contributed by atoms with Gasteiger partial charge in [0.2, 0.25) is 5.91 Å². The highest BCUT2D eigenvalue weighted by Gasteiger charge is 2.57. The van der Waals surface area contributed by atoms with Gasteiger partial charge in [-0.15, -0.1) is 6.58 Å². The fraction of sp³-hybridized carbons (Fsp3) is 0.378. The number of fused-ring (bicyclic) bond motifs is 1. The van der Waals surface area contributed by atoms with Crippen LogP contribution in [0.25, 0.3) is 0 Å². The minimum Gasteiger partial charge on any atom is -0.479 e. The second-order valence-corrected chi connectivity index (χ2v) is 14.2. The summed E-state index contributed by atoms with van der Waals surface area (Å²) >= 11 is 0. The fourth-order valence-corrected chi connectivity index (χ4v) is 7.33. The summed E-state index contributed by atoms with van der Waals surface area (Å²) in [4.78, 5) is 26.1. The summed E-state index contributed by atoms with van der Waals surface area (Å²) in [5, 5.41) is 13.7. The molecule has 306 valence electrons. The van der Waals surface area contributed by atoms with Crippen LogP contribution in [0, 0.1) is 0 Å². The minimum atomic E-state index is -1.57. The molecule has 58 heavy (non-hydrogen) atoms. The molecule has 0 aromatic heterocycles. The van der Waals surface area contributed by atoms with E-state index in [-0.39, 0.29) is 38.9 Å². The van der Waals surface area contributed by atoms with Gasteiger partial charge in [0.15, 0.2) is 25.0 Å². The molecule has 7 rings (SSSR count). The molecule has 1 unspecified atom stereocenters. The molecule has 0 bridgehead atoms. The SMILES string of the molecule is C=CCO[C@H]1O[C@@H]2COC(c3ccccc3)O[C@H]2[C@H](O[C@H]2O[C@H](C(=O)O)[C@@H](OCc3ccccc3)[C@H](OCc3ccccc3)[C@H]2OCc2ccccc2)[C@H]1NC(C)=O. The lowest BCUT2D eigenvalue weighted by molar-refractivity contribution is -0.380. The lowest BCUT2D eigenvalue weighted by Crippen LogP contribution is -2.70. The molecule has 0 saturated carbocycles. The summed E-state index contributed by atoms with van der Waals surface area (Å²) in [5.41, 5.74) is 3.29. The maximum atomic E-state index is 13.2. The van der Waals surface area contributed by atoms with E-state index in [1.165, 1.54) is 6.92 Å². The number of carbonyl (C=O) groups excluding carboxylic acids is 1. The van der Waals surface area contributed by atoms with Crippen molar-refractivity contribution in [1.29, 1.82) is 0 Å². The third kappa shape index (κ3) is 10.4. The van der Waals surface area contributed by atoms with Crippen molar-refractivity contribution in [2.24, 2.45) is 0 Å². The molecule has 4 aromatic carbocycles. The monoisotopic (exact) mass is 795 g/mol. The lowest BCUT2D eigenvalue weighted by Gasteiger charge is -2.51. The predicted octanol–water partition coefficient (Wildman–Crippen LogP) is 5.48. The summed E-state index contributed by atoms with van der Waals surface area (Å²) < 4.78 is 58.4. The zero-order chi connectivity index (χ0) is 40.3. The van der Waals surface area contributed by atoms with Crippen molar-refractivity contribution in [2.75, 3.05) is 13.2 Å². The molecule has 3 fully saturated rings. The number of carboxylic acid groups (broad SMARTS) is 1. The zero-order valence-electron chi connectivity index (χ0n) is 32.2. The summed E-state index contributed by atoms with van der Waals surface area (Å²) in [6.07, 6.45) is -9.14. The van der Waals surface area contributed by atoms with E-state index in [0.29, 0.717) is 0 Å². The van der Waals surface area contributed by atoms with Gasteiger partial charge in [-0.2, -0.15) is 0 Å². The van der Waals surface area contributed by atoms with Crippen LogP contribution in [-0.2, 0) is 72.0 Å². The van der Waals surface area contributed by atoms with Gasteiger partial charge in [0, 0.05) is 12.5 Å². The smallest absolute Gasteiger partial charge is 0.335 e. The predicted molar refractivity (Wildman–Crippen MR) is 209 cm³/mol. The van der Waals surface area contributed by atoms with Gasteiger partial charge < -0.3 is 53.1 Å². The number of carboxylic acids is 1. The van der Waals surface area contributed by atoms with E-state index in [4.69, 9.17) is 42.6 Å². The van der Waals surface area contributed by atoms with Crippen LogP contribution in [0.1, 0.15) is 35.5 Å². The van der Waals surface area contributed by atoms with Crippen LogP contribution in [-0.4, -0.2) is 91.5 Å². The molecule has 11 atom stereocenters. The third-order valence-electron chi connectivity index (χ3n) is 10.0. The van der Waals surface area contributed by atoms with Gasteiger partial charge in [-0.25, -0.2) is 4.79 Å². The fourth-order valence-electron chi connectivity index (χ4n) is 7.33. The normalized spacial score (nSPS) is 29.5. The Balaban J connectivity index is 1.28. The Morgan fingerprint density at radius 2 is 1.22 bits per heavy atom. The molecule has 0 radical (unpaired) electrons. The first-order chi connectivity index (χ1) is 28.4. The van der Waals surface area contributed by atoms with Gasteiger partial charge in [-0.3, -0.25) is 4.79 Å². The number of carbonyl (C=O) groups is 2. The van der Waals surface area contributed by atoms with Gasteiger partial charge in [0.1, 0.15) is 42.7 Å². The average molecular weight is 796 g/mol. The van der Waals surface area contributed by atoms with E-state index in [0.717, 1.165) is 22.3 Å². The van der Waals surface area contributed by atoms with Gasteiger partial charge in [-0.05, 0) is 16.7 Å². The highest BCUT2D eigenvalue weighted by atomic mass is 16.8. The van der Waals surface area contributed by atoms with E-state index in [9.17, 15) is 14.7 Å². The quantitative estimate of drug-likeness (QED) is 0.130. The zero-order valence-corrected chi connectivity index (χ0v) is 32.2. The summed E-state index contributed by atoms with van der Waals surface area (Å²) in [5.74, 6) is -1.67. The summed E-state index contributed by atoms with van der Waals surface area (Å²) in [6, 6.07) is 36.9. The minimum absolute atomic E-state index is 0.0755. The highest BCUT2D eigenvalue weighted by molar-refractivity contribution is 5.74. The van der Waals surface area contributed by atoms with Gasteiger partial charge in [0.05, 0.1) is 33.0 Å². The summed E-state index contributed by atoms with van der Waals surface area (Å²) in [6.45, 7) is 5.62. The van der Waals surface area contributed by atoms with Gasteiger partial charge in [-0.1, -0.05) is 127 Å². The van der Waals surface area contributed by atoms with E-state index in [2.05, 4.69) is 11.9 Å². The number of hydrogen-bond donors (Lipinski definition) is 2. The molecule has 3 aliphatic heterocycles. The lowest BCUT2D eigenvalue weighted by atomic mass is 9.94. The molecule has 3 heterocycles. The molecule has 0 spiro atoms. The number of amides is 1. The maximum absolute atomic E-state index is 13.2. The van der Waals surface area contributed by atoms with E-state index < -0.39 is 73.6 Å². The Morgan fingerprint density at radius 1 is 0.690 bits per heavy atom. The topological polar surface area (TPSA) is 149 Å². The second-order valence-electron chi connectivity index (χ2n) is 14.2. The summed E-state index contributed by atoms with van der Waals surface area (Å²) in [7, 11) is 0. The Bertz CT molecular complexity index is 1890. The van der Waals surface area contributed by atoms with Gasteiger partial charge >= 0.3 is 5.97 Å². The molecule has 13 nitrogen and oxygen atoms in total. The van der Waals surface area contributed by atoms with Crippen molar-refractivity contribution < 1.29 is 57.3 Å². The molecule has 13 heteroatoms. The molecular weight excluding hydrogens is 746 g/mol. The van der Waals surface area contributed by atoms with E-state index >= 15 is 0 Å². The van der Waals surface area contributed by atoms with Crippen LogP contribution in [0.3, 0.4) is 0 Å². The molecule has 1 amide bonds. The van der Waals surface area contributed by atoms with Crippen LogP contribution >= 0.6 is 0 Å². The molecular formula is C45H49NO12. The first-order valence-electron chi connectivity index (χ1n) is 19.4. The highest BCUT2D eigenvalue weighted by Crippen LogP contribution is 2.39. The van der Waals surface area contributed by atoms with Crippen molar-refractivity contribution >= 4 is 11.9 Å². The largest absolute Gasteiger partial charge is 0.479 e. The van der Waals surface area contributed by atoms with E-state index in [1.807, 2.05) is 121 Å².